The molecule has 0 unspecified atom stereocenters. The molecule has 0 radical (unpaired) electrons. The second-order valence-electron chi connectivity index (χ2n) is 4.10. The van der Waals surface area contributed by atoms with Crippen molar-refractivity contribution >= 4 is 17.8 Å². The van der Waals surface area contributed by atoms with Crippen LogP contribution in [-0.2, 0) is 0 Å². The smallest absolute Gasteiger partial charge is 0.102 e. The number of anilines is 1. The Morgan fingerprint density at radius 1 is 1.06 bits per heavy atom. The number of nitrogens with zero attached hydrogens (tertiary/aromatic N) is 1. The van der Waals surface area contributed by atoms with Gasteiger partial charge < -0.3 is 5.73 Å². The van der Waals surface area contributed by atoms with Crippen LogP contribution >= 0.6 is 0 Å². The SMILES string of the molecule is Cc1c(/C=C/c2ccccc2)ccc(N)c1C#N. The van der Waals surface area contributed by atoms with E-state index in [0.717, 1.165) is 16.7 Å². The third-order valence-electron chi connectivity index (χ3n) is 2.91. The van der Waals surface area contributed by atoms with Gasteiger partial charge in [-0.15, -0.1) is 0 Å². The number of rotatable bonds is 2. The highest BCUT2D eigenvalue weighted by Gasteiger charge is 2.05. The Balaban J connectivity index is 2.37. The molecular weight excluding hydrogens is 220 g/mol. The fraction of sp³-hybridized carbons (Fsp3) is 0.0625. The van der Waals surface area contributed by atoms with E-state index >= 15 is 0 Å². The van der Waals surface area contributed by atoms with Gasteiger partial charge in [-0.05, 0) is 29.7 Å². The fourth-order valence-corrected chi connectivity index (χ4v) is 1.83. The molecule has 0 aromatic heterocycles. The lowest BCUT2D eigenvalue weighted by molar-refractivity contribution is 1.38. The first kappa shape index (κ1) is 11.9. The van der Waals surface area contributed by atoms with Crippen molar-refractivity contribution in [1.82, 2.24) is 0 Å². The quantitative estimate of drug-likeness (QED) is 0.637. The molecule has 0 aliphatic carbocycles. The highest BCUT2D eigenvalue weighted by molar-refractivity contribution is 5.74. The van der Waals surface area contributed by atoms with Crippen molar-refractivity contribution in [1.29, 1.82) is 5.26 Å². The normalized spacial score (nSPS) is 10.4. The van der Waals surface area contributed by atoms with Gasteiger partial charge in [0.1, 0.15) is 6.07 Å². The Bertz CT molecular complexity index is 620. The summed E-state index contributed by atoms with van der Waals surface area (Å²) < 4.78 is 0. The number of nitrogens with two attached hydrogens (primary N) is 1. The van der Waals surface area contributed by atoms with Crippen LogP contribution in [0.1, 0.15) is 22.3 Å². The van der Waals surface area contributed by atoms with Crippen molar-refractivity contribution < 1.29 is 0 Å². The lowest BCUT2D eigenvalue weighted by Gasteiger charge is -2.05. The van der Waals surface area contributed by atoms with E-state index in [2.05, 4.69) is 6.07 Å². The summed E-state index contributed by atoms with van der Waals surface area (Å²) in [5, 5.41) is 9.05. The number of hydrogen-bond acceptors (Lipinski definition) is 2. The minimum absolute atomic E-state index is 0.534. The molecule has 2 heteroatoms. The Hall–Kier alpha value is -2.53. The predicted molar refractivity (Wildman–Crippen MR) is 75.7 cm³/mol. The fourth-order valence-electron chi connectivity index (χ4n) is 1.83. The van der Waals surface area contributed by atoms with Crippen LogP contribution < -0.4 is 5.73 Å². The molecule has 0 amide bonds. The van der Waals surface area contributed by atoms with Gasteiger partial charge in [-0.3, -0.25) is 0 Å². The lowest BCUT2D eigenvalue weighted by atomic mass is 10.0. The Morgan fingerprint density at radius 2 is 1.78 bits per heavy atom. The number of hydrogen-bond donors (Lipinski definition) is 1. The molecule has 0 aliphatic heterocycles. The van der Waals surface area contributed by atoms with E-state index in [9.17, 15) is 0 Å². The number of benzene rings is 2. The molecule has 0 heterocycles. The van der Waals surface area contributed by atoms with Crippen LogP contribution in [0.4, 0.5) is 5.69 Å². The van der Waals surface area contributed by atoms with E-state index in [1.807, 2.05) is 55.5 Å². The number of nitrogen functional groups attached to an aromatic ring is 1. The molecule has 88 valence electrons. The van der Waals surface area contributed by atoms with Crippen molar-refractivity contribution in [3.05, 3.63) is 64.7 Å². The minimum Gasteiger partial charge on any atom is -0.398 e. The monoisotopic (exact) mass is 234 g/mol. The van der Waals surface area contributed by atoms with Crippen LogP contribution in [0.3, 0.4) is 0 Å². The summed E-state index contributed by atoms with van der Waals surface area (Å²) in [5.41, 5.74) is 9.93. The summed E-state index contributed by atoms with van der Waals surface area (Å²) in [5.74, 6) is 0. The van der Waals surface area contributed by atoms with Gasteiger partial charge in [-0.25, -0.2) is 0 Å². The zero-order chi connectivity index (χ0) is 13.0. The maximum absolute atomic E-state index is 9.05. The highest BCUT2D eigenvalue weighted by Crippen LogP contribution is 2.21. The van der Waals surface area contributed by atoms with Crippen molar-refractivity contribution in [3.8, 4) is 6.07 Å². The van der Waals surface area contributed by atoms with Gasteiger partial charge in [0.2, 0.25) is 0 Å². The predicted octanol–water partition coefficient (Wildman–Crippen LogP) is 3.62. The molecule has 0 aliphatic rings. The average Bonchev–Trinajstić information content (AvgIpc) is 2.40. The van der Waals surface area contributed by atoms with Gasteiger partial charge in [-0.1, -0.05) is 48.6 Å². The molecule has 0 bridgehead atoms. The third kappa shape index (κ3) is 2.41. The molecular formula is C16H14N2. The average molecular weight is 234 g/mol. The number of nitriles is 1. The van der Waals surface area contributed by atoms with E-state index in [0.29, 0.717) is 11.3 Å². The Labute approximate surface area is 107 Å². The topological polar surface area (TPSA) is 49.8 Å². The van der Waals surface area contributed by atoms with Crippen LogP contribution in [-0.4, -0.2) is 0 Å². The van der Waals surface area contributed by atoms with Gasteiger partial charge in [0.15, 0.2) is 0 Å². The van der Waals surface area contributed by atoms with E-state index < -0.39 is 0 Å². The third-order valence-corrected chi connectivity index (χ3v) is 2.91. The van der Waals surface area contributed by atoms with E-state index in [1.165, 1.54) is 0 Å². The van der Waals surface area contributed by atoms with E-state index in [1.54, 1.807) is 6.07 Å². The summed E-state index contributed by atoms with van der Waals surface area (Å²) in [6, 6.07) is 15.9. The zero-order valence-electron chi connectivity index (χ0n) is 10.2. The molecule has 0 saturated heterocycles. The van der Waals surface area contributed by atoms with Gasteiger partial charge >= 0.3 is 0 Å². The summed E-state index contributed by atoms with van der Waals surface area (Å²) in [6.07, 6.45) is 4.03. The molecule has 2 rings (SSSR count). The summed E-state index contributed by atoms with van der Waals surface area (Å²) in [6.45, 7) is 1.92. The molecule has 2 nitrogen and oxygen atoms in total. The van der Waals surface area contributed by atoms with Crippen LogP contribution in [0.2, 0.25) is 0 Å². The minimum atomic E-state index is 0.534. The van der Waals surface area contributed by atoms with Crippen molar-refractivity contribution in [2.75, 3.05) is 5.73 Å². The largest absolute Gasteiger partial charge is 0.398 e. The molecule has 0 fully saturated rings. The van der Waals surface area contributed by atoms with Gasteiger partial charge in [0.25, 0.3) is 0 Å². The van der Waals surface area contributed by atoms with Crippen LogP contribution in [0.25, 0.3) is 12.2 Å². The van der Waals surface area contributed by atoms with Gasteiger partial charge in [0.05, 0.1) is 5.56 Å². The first-order valence-electron chi connectivity index (χ1n) is 5.74. The zero-order valence-corrected chi connectivity index (χ0v) is 10.2. The molecule has 0 saturated carbocycles. The van der Waals surface area contributed by atoms with Crippen molar-refractivity contribution in [2.45, 2.75) is 6.92 Å². The second-order valence-corrected chi connectivity index (χ2v) is 4.10. The maximum atomic E-state index is 9.05. The maximum Gasteiger partial charge on any atom is 0.102 e. The summed E-state index contributed by atoms with van der Waals surface area (Å²) in [7, 11) is 0. The second kappa shape index (κ2) is 5.20. The van der Waals surface area contributed by atoms with Crippen molar-refractivity contribution in [3.63, 3.8) is 0 Å². The molecule has 2 N–H and O–H groups in total. The molecule has 2 aromatic carbocycles. The van der Waals surface area contributed by atoms with Gasteiger partial charge in [-0.2, -0.15) is 5.26 Å². The van der Waals surface area contributed by atoms with Crippen molar-refractivity contribution in [2.24, 2.45) is 0 Å². The summed E-state index contributed by atoms with van der Waals surface area (Å²) >= 11 is 0. The van der Waals surface area contributed by atoms with E-state index in [-0.39, 0.29) is 0 Å². The first-order chi connectivity index (χ1) is 8.72. The molecule has 0 spiro atoms. The first-order valence-corrected chi connectivity index (χ1v) is 5.74. The van der Waals surface area contributed by atoms with Crippen LogP contribution in [0.15, 0.2) is 42.5 Å². The van der Waals surface area contributed by atoms with E-state index in [4.69, 9.17) is 11.0 Å². The standard InChI is InChI=1S/C16H14N2/c1-12-14(9-10-16(18)15(12)11-17)8-7-13-5-3-2-4-6-13/h2-10H,18H2,1H3/b8-7+. The van der Waals surface area contributed by atoms with Crippen LogP contribution in [0.5, 0.6) is 0 Å². The highest BCUT2D eigenvalue weighted by atomic mass is 14.6. The lowest BCUT2D eigenvalue weighted by Crippen LogP contribution is -1.95. The molecule has 0 atom stereocenters. The Morgan fingerprint density at radius 3 is 2.44 bits per heavy atom. The van der Waals surface area contributed by atoms with Crippen LogP contribution in [0, 0.1) is 18.3 Å². The Kier molecular flexibility index (Phi) is 3.45. The molecule has 18 heavy (non-hydrogen) atoms. The van der Waals surface area contributed by atoms with Gasteiger partial charge in [0, 0.05) is 5.69 Å². The molecule has 2 aromatic rings. The summed E-state index contributed by atoms with van der Waals surface area (Å²) in [4.78, 5) is 0.